The van der Waals surface area contributed by atoms with Crippen LogP contribution in [0.2, 0.25) is 0 Å². The quantitative estimate of drug-likeness (QED) is 0.659. The van der Waals surface area contributed by atoms with E-state index >= 15 is 0 Å². The molecule has 0 aromatic heterocycles. The summed E-state index contributed by atoms with van der Waals surface area (Å²) >= 11 is 0. The second kappa shape index (κ2) is 3.73. The van der Waals surface area contributed by atoms with Gasteiger partial charge in [-0.25, -0.2) is 0 Å². The van der Waals surface area contributed by atoms with Crippen molar-refractivity contribution >= 4 is 0 Å². The molecule has 2 heteroatoms. The predicted octanol–water partition coefficient (Wildman–Crippen LogP) is 1.68. The van der Waals surface area contributed by atoms with Crippen molar-refractivity contribution in [3.63, 3.8) is 0 Å². The Kier molecular flexibility index (Phi) is 2.43. The lowest BCUT2D eigenvalue weighted by atomic mass is 10.0. The minimum absolute atomic E-state index is 0.203. The monoisotopic (exact) mass is 176 g/mol. The van der Waals surface area contributed by atoms with Crippen LogP contribution in [0.5, 0.6) is 0 Å². The first kappa shape index (κ1) is 8.48. The minimum Gasteiger partial charge on any atom is -0.386 e. The van der Waals surface area contributed by atoms with E-state index in [-0.39, 0.29) is 6.10 Å². The molecule has 2 nitrogen and oxygen atoms in total. The molecule has 0 saturated heterocycles. The normalized spacial score (nSPS) is 27.5. The van der Waals surface area contributed by atoms with Crippen molar-refractivity contribution in [2.45, 2.75) is 12.2 Å². The molecule has 1 aromatic rings. The highest BCUT2D eigenvalue weighted by atomic mass is 16.5. The summed E-state index contributed by atoms with van der Waals surface area (Å²) in [6, 6.07) is 9.78. The van der Waals surface area contributed by atoms with E-state index in [2.05, 4.69) is 0 Å². The topological polar surface area (TPSA) is 29.5 Å². The van der Waals surface area contributed by atoms with Crippen molar-refractivity contribution in [2.75, 3.05) is 6.61 Å². The summed E-state index contributed by atoms with van der Waals surface area (Å²) in [7, 11) is 0. The molecular formula is C11H12O2. The summed E-state index contributed by atoms with van der Waals surface area (Å²) < 4.78 is 5.44. The Morgan fingerprint density at radius 1 is 1.23 bits per heavy atom. The van der Waals surface area contributed by atoms with Gasteiger partial charge in [-0.05, 0) is 5.56 Å². The largest absolute Gasteiger partial charge is 0.386 e. The number of aliphatic hydroxyl groups excluding tert-OH is 1. The van der Waals surface area contributed by atoms with Crippen LogP contribution in [-0.4, -0.2) is 17.8 Å². The summed E-state index contributed by atoms with van der Waals surface area (Å²) in [5.41, 5.74) is 1.03. The third-order valence-corrected chi connectivity index (χ3v) is 2.14. The fourth-order valence-electron chi connectivity index (χ4n) is 1.49. The van der Waals surface area contributed by atoms with Gasteiger partial charge in [0.1, 0.15) is 12.2 Å². The number of aliphatic hydroxyl groups is 1. The van der Waals surface area contributed by atoms with E-state index in [1.54, 1.807) is 6.08 Å². The van der Waals surface area contributed by atoms with Crippen molar-refractivity contribution in [3.05, 3.63) is 48.0 Å². The molecule has 1 aromatic carbocycles. The van der Waals surface area contributed by atoms with Gasteiger partial charge in [-0.2, -0.15) is 0 Å². The van der Waals surface area contributed by atoms with E-state index in [0.717, 1.165) is 5.56 Å². The van der Waals surface area contributed by atoms with Gasteiger partial charge in [0.2, 0.25) is 0 Å². The predicted molar refractivity (Wildman–Crippen MR) is 50.3 cm³/mol. The molecule has 1 heterocycles. The Morgan fingerprint density at radius 3 is 2.69 bits per heavy atom. The lowest BCUT2D eigenvalue weighted by Gasteiger charge is -2.24. The van der Waals surface area contributed by atoms with Crippen molar-refractivity contribution in [3.8, 4) is 0 Å². The highest BCUT2D eigenvalue weighted by Crippen LogP contribution is 2.24. The van der Waals surface area contributed by atoms with Crippen LogP contribution in [0.15, 0.2) is 42.5 Å². The smallest absolute Gasteiger partial charge is 0.112 e. The van der Waals surface area contributed by atoms with Gasteiger partial charge in [0.15, 0.2) is 0 Å². The summed E-state index contributed by atoms with van der Waals surface area (Å²) in [6.07, 6.45) is 2.90. The molecule has 0 aliphatic carbocycles. The first-order chi connectivity index (χ1) is 6.38. The van der Waals surface area contributed by atoms with Crippen LogP contribution < -0.4 is 0 Å². The van der Waals surface area contributed by atoms with Crippen LogP contribution in [0, 0.1) is 0 Å². The van der Waals surface area contributed by atoms with Gasteiger partial charge in [-0.15, -0.1) is 0 Å². The molecule has 1 aliphatic heterocycles. The van der Waals surface area contributed by atoms with Crippen LogP contribution in [-0.2, 0) is 4.74 Å². The summed E-state index contributed by atoms with van der Waals surface area (Å²) in [5.74, 6) is 0. The summed E-state index contributed by atoms with van der Waals surface area (Å²) in [5, 5.41) is 9.61. The molecule has 0 bridgehead atoms. The maximum Gasteiger partial charge on any atom is 0.112 e. The molecule has 0 saturated carbocycles. The van der Waals surface area contributed by atoms with Crippen LogP contribution in [0.3, 0.4) is 0 Å². The van der Waals surface area contributed by atoms with Gasteiger partial charge in [-0.1, -0.05) is 42.5 Å². The molecule has 0 amide bonds. The first-order valence-electron chi connectivity index (χ1n) is 4.39. The molecule has 0 fully saturated rings. The lowest BCUT2D eigenvalue weighted by Crippen LogP contribution is -2.22. The van der Waals surface area contributed by atoms with Crippen LogP contribution in [0.4, 0.5) is 0 Å². The zero-order chi connectivity index (χ0) is 9.10. The average molecular weight is 176 g/mol. The van der Waals surface area contributed by atoms with Gasteiger partial charge in [0.05, 0.1) is 6.61 Å². The third kappa shape index (κ3) is 1.79. The molecule has 2 atom stereocenters. The van der Waals surface area contributed by atoms with E-state index in [9.17, 15) is 5.11 Å². The maximum absolute atomic E-state index is 9.61. The highest BCUT2D eigenvalue weighted by Gasteiger charge is 2.21. The SMILES string of the molecule is O[C@@H]1C=CCO[C@@H]1c1ccccc1. The second-order valence-electron chi connectivity index (χ2n) is 3.08. The molecule has 1 aliphatic rings. The number of hydrogen-bond donors (Lipinski definition) is 1. The van der Waals surface area contributed by atoms with Crippen LogP contribution in [0.25, 0.3) is 0 Å². The van der Waals surface area contributed by atoms with Gasteiger partial charge in [-0.3, -0.25) is 0 Å². The van der Waals surface area contributed by atoms with Crippen molar-refractivity contribution < 1.29 is 9.84 Å². The Labute approximate surface area is 77.5 Å². The molecule has 0 spiro atoms. The zero-order valence-electron chi connectivity index (χ0n) is 7.26. The number of benzene rings is 1. The summed E-state index contributed by atoms with van der Waals surface area (Å²) in [4.78, 5) is 0. The van der Waals surface area contributed by atoms with Crippen LogP contribution in [0.1, 0.15) is 11.7 Å². The van der Waals surface area contributed by atoms with E-state index in [0.29, 0.717) is 6.61 Å². The zero-order valence-corrected chi connectivity index (χ0v) is 7.26. The Hall–Kier alpha value is -1.12. The first-order valence-corrected chi connectivity index (χ1v) is 4.39. The van der Waals surface area contributed by atoms with Crippen LogP contribution >= 0.6 is 0 Å². The Bertz CT molecular complexity index is 292. The van der Waals surface area contributed by atoms with Gasteiger partial charge < -0.3 is 9.84 Å². The maximum atomic E-state index is 9.61. The second-order valence-corrected chi connectivity index (χ2v) is 3.08. The minimum atomic E-state index is -0.517. The molecule has 13 heavy (non-hydrogen) atoms. The molecule has 2 rings (SSSR count). The lowest BCUT2D eigenvalue weighted by molar-refractivity contribution is -0.0170. The number of hydrogen-bond acceptors (Lipinski definition) is 2. The molecule has 0 unspecified atom stereocenters. The van der Waals surface area contributed by atoms with Gasteiger partial charge >= 0.3 is 0 Å². The van der Waals surface area contributed by atoms with Gasteiger partial charge in [0.25, 0.3) is 0 Å². The standard InChI is InChI=1S/C11H12O2/c12-10-7-4-8-13-11(10)9-5-2-1-3-6-9/h1-7,10-12H,8H2/t10-,11-/m1/s1. The highest BCUT2D eigenvalue weighted by molar-refractivity contribution is 5.21. The molecule has 68 valence electrons. The number of rotatable bonds is 1. The van der Waals surface area contributed by atoms with E-state index in [4.69, 9.17) is 4.74 Å². The van der Waals surface area contributed by atoms with E-state index < -0.39 is 6.10 Å². The van der Waals surface area contributed by atoms with E-state index in [1.165, 1.54) is 0 Å². The van der Waals surface area contributed by atoms with Gasteiger partial charge in [0, 0.05) is 0 Å². The van der Waals surface area contributed by atoms with Crippen molar-refractivity contribution in [1.29, 1.82) is 0 Å². The third-order valence-electron chi connectivity index (χ3n) is 2.14. The fraction of sp³-hybridized carbons (Fsp3) is 0.273. The van der Waals surface area contributed by atoms with E-state index in [1.807, 2.05) is 36.4 Å². The Morgan fingerprint density at radius 2 is 2.00 bits per heavy atom. The number of ether oxygens (including phenoxy) is 1. The molecular weight excluding hydrogens is 164 g/mol. The van der Waals surface area contributed by atoms with Crippen molar-refractivity contribution in [1.82, 2.24) is 0 Å². The molecule has 1 N–H and O–H groups in total. The average Bonchev–Trinajstić information content (AvgIpc) is 2.20. The van der Waals surface area contributed by atoms with Crippen molar-refractivity contribution in [2.24, 2.45) is 0 Å². The Balaban J connectivity index is 2.22. The fourth-order valence-corrected chi connectivity index (χ4v) is 1.49. The molecule has 0 radical (unpaired) electrons. The summed E-state index contributed by atoms with van der Waals surface area (Å²) in [6.45, 7) is 0.580.